The number of carbonyl (C=O) groups is 1. The highest BCUT2D eigenvalue weighted by molar-refractivity contribution is 5.79. The lowest BCUT2D eigenvalue weighted by Crippen LogP contribution is -2.29. The third-order valence-corrected chi connectivity index (χ3v) is 4.69. The van der Waals surface area contributed by atoms with Crippen molar-refractivity contribution in [1.29, 1.82) is 0 Å². The van der Waals surface area contributed by atoms with Crippen LogP contribution in [0.25, 0.3) is 0 Å². The van der Waals surface area contributed by atoms with Crippen LogP contribution in [-0.4, -0.2) is 15.7 Å². The highest BCUT2D eigenvalue weighted by Crippen LogP contribution is 2.20. The van der Waals surface area contributed by atoms with E-state index in [1.807, 2.05) is 18.5 Å². The van der Waals surface area contributed by atoms with E-state index in [2.05, 4.69) is 63.2 Å². The van der Waals surface area contributed by atoms with Crippen LogP contribution in [0.15, 0.2) is 18.2 Å². The van der Waals surface area contributed by atoms with E-state index in [0.29, 0.717) is 12.3 Å². The molecular weight excluding hydrogens is 310 g/mol. The number of carbonyl (C=O) groups excluding carboxylic acids is 1. The summed E-state index contributed by atoms with van der Waals surface area (Å²) in [4.78, 5) is 12.6. The minimum absolute atomic E-state index is 0.00118. The van der Waals surface area contributed by atoms with E-state index < -0.39 is 0 Å². The maximum atomic E-state index is 12.6. The molecule has 25 heavy (non-hydrogen) atoms. The van der Waals surface area contributed by atoms with E-state index in [4.69, 9.17) is 0 Å². The Balaban J connectivity index is 2.10. The summed E-state index contributed by atoms with van der Waals surface area (Å²) in [5.74, 6) is 0.577. The fraction of sp³-hybridized carbons (Fsp3) is 0.524. The van der Waals surface area contributed by atoms with Gasteiger partial charge in [-0.05, 0) is 51.7 Å². The van der Waals surface area contributed by atoms with E-state index in [1.54, 1.807) is 0 Å². The van der Waals surface area contributed by atoms with Crippen molar-refractivity contribution in [3.63, 3.8) is 0 Å². The first-order chi connectivity index (χ1) is 11.7. The Morgan fingerprint density at radius 2 is 1.84 bits per heavy atom. The molecular formula is C21H31N3O. The third-order valence-electron chi connectivity index (χ3n) is 4.69. The van der Waals surface area contributed by atoms with Crippen molar-refractivity contribution in [1.82, 2.24) is 15.1 Å². The monoisotopic (exact) mass is 341 g/mol. The van der Waals surface area contributed by atoms with Gasteiger partial charge in [0.05, 0.1) is 18.2 Å². The van der Waals surface area contributed by atoms with Gasteiger partial charge in [-0.25, -0.2) is 0 Å². The van der Waals surface area contributed by atoms with Crippen molar-refractivity contribution in [2.45, 2.75) is 67.5 Å². The summed E-state index contributed by atoms with van der Waals surface area (Å²) in [6.45, 7) is 15.5. The zero-order valence-corrected chi connectivity index (χ0v) is 16.6. The largest absolute Gasteiger partial charge is 0.349 e. The Morgan fingerprint density at radius 1 is 1.16 bits per heavy atom. The minimum Gasteiger partial charge on any atom is -0.349 e. The van der Waals surface area contributed by atoms with Crippen LogP contribution in [0, 0.1) is 33.6 Å². The van der Waals surface area contributed by atoms with Gasteiger partial charge in [-0.15, -0.1) is 0 Å². The van der Waals surface area contributed by atoms with Crippen molar-refractivity contribution in [2.24, 2.45) is 5.92 Å². The fourth-order valence-electron chi connectivity index (χ4n) is 3.27. The van der Waals surface area contributed by atoms with E-state index in [1.165, 1.54) is 16.7 Å². The molecule has 0 fully saturated rings. The maximum absolute atomic E-state index is 12.6. The van der Waals surface area contributed by atoms with Crippen LogP contribution in [0.3, 0.4) is 0 Å². The predicted octanol–water partition coefficient (Wildman–Crippen LogP) is 4.19. The van der Waals surface area contributed by atoms with Gasteiger partial charge >= 0.3 is 0 Å². The zero-order valence-electron chi connectivity index (χ0n) is 16.6. The molecule has 136 valence electrons. The van der Waals surface area contributed by atoms with Gasteiger partial charge in [-0.2, -0.15) is 5.10 Å². The summed E-state index contributed by atoms with van der Waals surface area (Å²) < 4.78 is 2.02. The van der Waals surface area contributed by atoms with Crippen LogP contribution in [0.5, 0.6) is 0 Å². The van der Waals surface area contributed by atoms with Crippen molar-refractivity contribution >= 4 is 5.91 Å². The van der Waals surface area contributed by atoms with E-state index >= 15 is 0 Å². The quantitative estimate of drug-likeness (QED) is 0.856. The first-order valence-electron chi connectivity index (χ1n) is 9.08. The molecule has 0 saturated carbocycles. The van der Waals surface area contributed by atoms with Gasteiger partial charge in [0, 0.05) is 17.8 Å². The summed E-state index contributed by atoms with van der Waals surface area (Å²) in [7, 11) is 0. The number of benzene rings is 1. The number of nitrogens with one attached hydrogen (secondary N) is 1. The summed E-state index contributed by atoms with van der Waals surface area (Å²) in [5, 5.41) is 7.74. The van der Waals surface area contributed by atoms with Crippen LogP contribution < -0.4 is 5.32 Å². The lowest BCUT2D eigenvalue weighted by molar-refractivity contribution is -0.121. The topological polar surface area (TPSA) is 46.9 Å². The first-order valence-corrected chi connectivity index (χ1v) is 9.08. The van der Waals surface area contributed by atoms with E-state index in [-0.39, 0.29) is 11.9 Å². The van der Waals surface area contributed by atoms with Crippen molar-refractivity contribution in [3.05, 3.63) is 51.8 Å². The van der Waals surface area contributed by atoms with Crippen LogP contribution in [0.1, 0.15) is 60.5 Å². The van der Waals surface area contributed by atoms with Crippen LogP contribution in [-0.2, 0) is 17.8 Å². The molecule has 0 saturated heterocycles. The Labute approximate surface area is 151 Å². The van der Waals surface area contributed by atoms with Crippen LogP contribution in [0.2, 0.25) is 0 Å². The van der Waals surface area contributed by atoms with Gasteiger partial charge < -0.3 is 5.32 Å². The SMILES string of the molecule is Cc1ccc(C)c(C(C)NC(=O)Cc2c(C)nn(CC(C)C)c2C)c1. The normalized spacial score (nSPS) is 12.5. The van der Waals surface area contributed by atoms with Gasteiger partial charge in [0.2, 0.25) is 5.91 Å². The van der Waals surface area contributed by atoms with Crippen molar-refractivity contribution < 1.29 is 4.79 Å². The lowest BCUT2D eigenvalue weighted by Gasteiger charge is -2.17. The van der Waals surface area contributed by atoms with Crippen LogP contribution in [0.4, 0.5) is 0 Å². The molecule has 0 bridgehead atoms. The zero-order chi connectivity index (χ0) is 18.7. The molecule has 1 aromatic carbocycles. The standard InChI is InChI=1S/C21H31N3O/c1-13(2)12-24-18(7)20(17(6)23-24)11-21(25)22-16(5)19-10-14(3)8-9-15(19)4/h8-10,13,16H,11-12H2,1-7H3,(H,22,25). The Kier molecular flexibility index (Phi) is 6.04. The van der Waals surface area contributed by atoms with Crippen molar-refractivity contribution in [3.8, 4) is 0 Å². The lowest BCUT2D eigenvalue weighted by atomic mass is 9.99. The molecule has 4 heteroatoms. The number of rotatable bonds is 6. The molecule has 1 heterocycles. The Hall–Kier alpha value is -2.10. The fourth-order valence-corrected chi connectivity index (χ4v) is 3.27. The second-order valence-electron chi connectivity index (χ2n) is 7.55. The number of amides is 1. The number of aryl methyl sites for hydroxylation is 3. The van der Waals surface area contributed by atoms with Gasteiger partial charge in [0.15, 0.2) is 0 Å². The molecule has 0 radical (unpaired) electrons. The number of aromatic nitrogens is 2. The van der Waals surface area contributed by atoms with Gasteiger partial charge in [0.1, 0.15) is 0 Å². The smallest absolute Gasteiger partial charge is 0.225 e. The summed E-state index contributed by atoms with van der Waals surface area (Å²) >= 11 is 0. The summed E-state index contributed by atoms with van der Waals surface area (Å²) in [6, 6.07) is 6.36. The molecule has 1 unspecified atom stereocenters. The third kappa shape index (κ3) is 4.71. The Bertz CT molecular complexity index is 759. The summed E-state index contributed by atoms with van der Waals surface area (Å²) in [5.41, 5.74) is 6.69. The highest BCUT2D eigenvalue weighted by atomic mass is 16.1. The molecule has 1 atom stereocenters. The molecule has 0 aliphatic heterocycles. The molecule has 4 nitrogen and oxygen atoms in total. The summed E-state index contributed by atoms with van der Waals surface area (Å²) in [6.07, 6.45) is 0.380. The molecule has 0 aliphatic carbocycles. The first kappa shape index (κ1) is 19.2. The molecule has 0 aliphatic rings. The number of hydrogen-bond acceptors (Lipinski definition) is 2. The molecule has 2 aromatic rings. The van der Waals surface area contributed by atoms with Crippen LogP contribution >= 0.6 is 0 Å². The number of hydrogen-bond donors (Lipinski definition) is 1. The Morgan fingerprint density at radius 3 is 2.48 bits per heavy atom. The predicted molar refractivity (Wildman–Crippen MR) is 103 cm³/mol. The van der Waals surface area contributed by atoms with E-state index in [9.17, 15) is 4.79 Å². The highest BCUT2D eigenvalue weighted by Gasteiger charge is 2.18. The van der Waals surface area contributed by atoms with Gasteiger partial charge in [0.25, 0.3) is 0 Å². The average Bonchev–Trinajstić information content (AvgIpc) is 2.76. The molecule has 0 spiro atoms. The maximum Gasteiger partial charge on any atom is 0.225 e. The minimum atomic E-state index is -0.00118. The molecule has 1 N–H and O–H groups in total. The second-order valence-corrected chi connectivity index (χ2v) is 7.55. The van der Waals surface area contributed by atoms with E-state index in [0.717, 1.165) is 23.5 Å². The number of nitrogens with zero attached hydrogens (tertiary/aromatic N) is 2. The molecule has 2 rings (SSSR count). The molecule has 1 aromatic heterocycles. The average molecular weight is 341 g/mol. The van der Waals surface area contributed by atoms with Gasteiger partial charge in [-0.1, -0.05) is 37.6 Å². The molecule has 1 amide bonds. The van der Waals surface area contributed by atoms with Gasteiger partial charge in [-0.3, -0.25) is 9.48 Å². The van der Waals surface area contributed by atoms with Crippen molar-refractivity contribution in [2.75, 3.05) is 0 Å². The second kappa shape index (κ2) is 7.85.